The van der Waals surface area contributed by atoms with Gasteiger partial charge in [0.2, 0.25) is 5.91 Å². The zero-order valence-electron chi connectivity index (χ0n) is 19.4. The first kappa shape index (κ1) is 22.7. The van der Waals surface area contributed by atoms with E-state index in [-0.39, 0.29) is 11.3 Å². The fraction of sp³-hybridized carbons (Fsp3) is 0.440. The summed E-state index contributed by atoms with van der Waals surface area (Å²) < 4.78 is 12.6. The van der Waals surface area contributed by atoms with Crippen LogP contribution in [0.25, 0.3) is 5.65 Å². The molecule has 4 rings (SSSR count). The van der Waals surface area contributed by atoms with Crippen molar-refractivity contribution >= 4 is 11.6 Å². The molecule has 0 saturated carbocycles. The van der Waals surface area contributed by atoms with E-state index in [1.807, 2.05) is 26.0 Å². The van der Waals surface area contributed by atoms with Crippen LogP contribution in [-0.2, 0) is 21.4 Å². The molecule has 8 nitrogen and oxygen atoms in total. The highest BCUT2D eigenvalue weighted by Crippen LogP contribution is 2.35. The van der Waals surface area contributed by atoms with Gasteiger partial charge in [-0.15, -0.1) is 0 Å². The minimum absolute atomic E-state index is 0.00598. The molecule has 172 valence electrons. The number of nitriles is 1. The third-order valence-corrected chi connectivity index (χ3v) is 6.71. The van der Waals surface area contributed by atoms with Gasteiger partial charge in [0.1, 0.15) is 17.4 Å². The first-order valence-electron chi connectivity index (χ1n) is 11.2. The second-order valence-electron chi connectivity index (χ2n) is 8.56. The average Bonchev–Trinajstić information content (AvgIpc) is 3.26. The molecular weight excluding hydrogens is 418 g/mol. The summed E-state index contributed by atoms with van der Waals surface area (Å²) in [5.41, 5.74) is 4.78. The van der Waals surface area contributed by atoms with Gasteiger partial charge in [-0.3, -0.25) is 4.79 Å². The van der Waals surface area contributed by atoms with E-state index in [2.05, 4.69) is 33.6 Å². The van der Waals surface area contributed by atoms with Crippen molar-refractivity contribution in [3.63, 3.8) is 0 Å². The van der Waals surface area contributed by atoms with Crippen LogP contribution < -0.4 is 10.1 Å². The Morgan fingerprint density at radius 3 is 2.67 bits per heavy atom. The summed E-state index contributed by atoms with van der Waals surface area (Å²) in [6.07, 6.45) is 4.17. The molecule has 0 unspecified atom stereocenters. The molecule has 1 fully saturated rings. The van der Waals surface area contributed by atoms with Crippen LogP contribution in [0.1, 0.15) is 47.3 Å². The quantitative estimate of drug-likeness (QED) is 0.597. The molecule has 1 aliphatic heterocycles. The Kier molecular flexibility index (Phi) is 6.61. The summed E-state index contributed by atoms with van der Waals surface area (Å²) in [4.78, 5) is 17.4. The Morgan fingerprint density at radius 1 is 1.27 bits per heavy atom. The lowest BCUT2D eigenvalue weighted by Gasteiger charge is -2.38. The van der Waals surface area contributed by atoms with E-state index >= 15 is 0 Å². The molecule has 8 heteroatoms. The number of hydrogen-bond acceptors (Lipinski definition) is 6. The smallest absolute Gasteiger partial charge is 0.220 e. The highest BCUT2D eigenvalue weighted by atomic mass is 16.5. The summed E-state index contributed by atoms with van der Waals surface area (Å²) in [7, 11) is 1.66. The maximum atomic E-state index is 12.8. The minimum atomic E-state index is -0.144. The third kappa shape index (κ3) is 4.55. The monoisotopic (exact) mass is 447 g/mol. The number of ether oxygens (including phenoxy) is 2. The molecule has 2 aromatic heterocycles. The van der Waals surface area contributed by atoms with Gasteiger partial charge >= 0.3 is 0 Å². The molecule has 3 aromatic rings. The number of nitrogens with one attached hydrogen (secondary N) is 1. The van der Waals surface area contributed by atoms with Crippen molar-refractivity contribution in [3.05, 3.63) is 58.5 Å². The van der Waals surface area contributed by atoms with E-state index in [4.69, 9.17) is 9.47 Å². The van der Waals surface area contributed by atoms with Crippen LogP contribution in [0, 0.1) is 25.2 Å². The van der Waals surface area contributed by atoms with Gasteiger partial charge in [0, 0.05) is 43.0 Å². The van der Waals surface area contributed by atoms with Gasteiger partial charge in [-0.2, -0.15) is 10.4 Å². The lowest BCUT2D eigenvalue weighted by Crippen LogP contribution is -2.44. The van der Waals surface area contributed by atoms with E-state index in [1.54, 1.807) is 11.6 Å². The molecule has 0 radical (unpaired) electrons. The molecule has 1 amide bonds. The highest BCUT2D eigenvalue weighted by Gasteiger charge is 2.35. The Bertz CT molecular complexity index is 1190. The van der Waals surface area contributed by atoms with Gasteiger partial charge in [0.25, 0.3) is 0 Å². The lowest BCUT2D eigenvalue weighted by atomic mass is 9.74. The lowest BCUT2D eigenvalue weighted by molar-refractivity contribution is -0.121. The summed E-state index contributed by atoms with van der Waals surface area (Å²) in [5, 5.41) is 16.7. The third-order valence-electron chi connectivity index (χ3n) is 6.71. The minimum Gasteiger partial charge on any atom is -0.497 e. The van der Waals surface area contributed by atoms with Gasteiger partial charge in [0.15, 0.2) is 5.65 Å². The van der Waals surface area contributed by atoms with E-state index in [0.717, 1.165) is 35.5 Å². The largest absolute Gasteiger partial charge is 0.497 e. The molecule has 0 spiro atoms. The van der Waals surface area contributed by atoms with Crippen LogP contribution in [-0.4, -0.2) is 47.4 Å². The molecule has 0 atom stereocenters. The van der Waals surface area contributed by atoms with Gasteiger partial charge in [-0.05, 0) is 56.4 Å². The van der Waals surface area contributed by atoms with Gasteiger partial charge < -0.3 is 14.8 Å². The number of hydrogen-bond donors (Lipinski definition) is 1. The number of benzene rings is 1. The second-order valence-corrected chi connectivity index (χ2v) is 8.56. The maximum absolute atomic E-state index is 12.8. The first-order valence-corrected chi connectivity index (χ1v) is 11.2. The number of fused-ring (bicyclic) bond motifs is 1. The SMILES string of the molecule is COc1ccc(C2(CNC(=O)CCc3c(C)nc4c(C#N)cnn4c3C)CCOCC2)cc1. The van der Waals surface area contributed by atoms with Crippen LogP contribution in [0.15, 0.2) is 30.5 Å². The van der Waals surface area contributed by atoms with Crippen molar-refractivity contribution in [3.8, 4) is 11.8 Å². The fourth-order valence-corrected chi connectivity index (χ4v) is 4.62. The van der Waals surface area contributed by atoms with Crippen molar-refractivity contribution in [1.82, 2.24) is 19.9 Å². The van der Waals surface area contributed by atoms with E-state index in [9.17, 15) is 10.1 Å². The van der Waals surface area contributed by atoms with E-state index in [1.165, 1.54) is 11.8 Å². The van der Waals surface area contributed by atoms with Gasteiger partial charge in [0.05, 0.1) is 13.3 Å². The van der Waals surface area contributed by atoms with Crippen LogP contribution in [0.5, 0.6) is 5.75 Å². The number of carbonyl (C=O) groups excluding carboxylic acids is 1. The second kappa shape index (κ2) is 9.59. The molecule has 33 heavy (non-hydrogen) atoms. The van der Waals surface area contributed by atoms with Gasteiger partial charge in [-0.1, -0.05) is 12.1 Å². The predicted octanol–water partition coefficient (Wildman–Crippen LogP) is 3.02. The average molecular weight is 448 g/mol. The summed E-state index contributed by atoms with van der Waals surface area (Å²) in [6.45, 7) is 5.79. The molecule has 1 N–H and O–H groups in total. The van der Waals surface area contributed by atoms with Crippen molar-refractivity contribution in [2.24, 2.45) is 0 Å². The highest BCUT2D eigenvalue weighted by molar-refractivity contribution is 5.76. The number of amides is 1. The maximum Gasteiger partial charge on any atom is 0.220 e. The number of aromatic nitrogens is 3. The summed E-state index contributed by atoms with van der Waals surface area (Å²) in [5.74, 6) is 0.826. The molecular formula is C25H29N5O3. The Hall–Kier alpha value is -3.44. The molecule has 1 aliphatic rings. The molecule has 1 aromatic carbocycles. The van der Waals surface area contributed by atoms with E-state index in [0.29, 0.717) is 43.8 Å². The molecule has 3 heterocycles. The van der Waals surface area contributed by atoms with Crippen molar-refractivity contribution < 1.29 is 14.3 Å². The number of nitrogens with zero attached hydrogens (tertiary/aromatic N) is 4. The first-order chi connectivity index (χ1) is 16.0. The molecule has 0 aliphatic carbocycles. The van der Waals surface area contributed by atoms with Gasteiger partial charge in [-0.25, -0.2) is 9.50 Å². The van der Waals surface area contributed by atoms with E-state index < -0.39 is 0 Å². The standard InChI is InChI=1S/C25H29N5O3/c1-17-22(18(2)30-24(29-17)19(14-26)15-28-30)8-9-23(31)27-16-25(10-12-33-13-11-25)20-4-6-21(32-3)7-5-20/h4-7,15H,8-13,16H2,1-3H3,(H,27,31). The van der Waals surface area contributed by atoms with Crippen molar-refractivity contribution in [2.45, 2.75) is 44.9 Å². The molecule has 1 saturated heterocycles. The predicted molar refractivity (Wildman–Crippen MR) is 123 cm³/mol. The fourth-order valence-electron chi connectivity index (χ4n) is 4.62. The normalized spacial score (nSPS) is 15.2. The van der Waals surface area contributed by atoms with Crippen LogP contribution in [0.2, 0.25) is 0 Å². The molecule has 0 bridgehead atoms. The topological polar surface area (TPSA) is 102 Å². The number of carbonyl (C=O) groups is 1. The number of rotatable bonds is 7. The zero-order chi connectivity index (χ0) is 23.4. The zero-order valence-corrected chi connectivity index (χ0v) is 19.4. The Labute approximate surface area is 193 Å². The van der Waals surface area contributed by atoms with Crippen LogP contribution >= 0.6 is 0 Å². The Balaban J connectivity index is 1.44. The van der Waals surface area contributed by atoms with Crippen LogP contribution in [0.3, 0.4) is 0 Å². The number of aryl methyl sites for hydroxylation is 2. The summed E-state index contributed by atoms with van der Waals surface area (Å²) >= 11 is 0. The Morgan fingerprint density at radius 2 is 2.00 bits per heavy atom. The number of methoxy groups -OCH3 is 1. The van der Waals surface area contributed by atoms with Crippen molar-refractivity contribution in [2.75, 3.05) is 26.9 Å². The van der Waals surface area contributed by atoms with Crippen LogP contribution in [0.4, 0.5) is 0 Å². The van der Waals surface area contributed by atoms with Crippen molar-refractivity contribution in [1.29, 1.82) is 5.26 Å². The summed E-state index contributed by atoms with van der Waals surface area (Å²) in [6, 6.07) is 10.2.